The zero-order valence-electron chi connectivity index (χ0n) is 11.1. The molecule has 2 rings (SSSR count). The third-order valence-corrected chi connectivity index (χ3v) is 4.59. The molecule has 1 aromatic carbocycles. The minimum atomic E-state index is -0.277. The van der Waals surface area contributed by atoms with Crippen molar-refractivity contribution < 1.29 is 5.11 Å². The summed E-state index contributed by atoms with van der Waals surface area (Å²) in [4.78, 5) is 0. The van der Waals surface area contributed by atoms with E-state index < -0.39 is 0 Å². The summed E-state index contributed by atoms with van der Waals surface area (Å²) in [6.07, 6.45) is 6.79. The van der Waals surface area contributed by atoms with Gasteiger partial charge >= 0.3 is 0 Å². The second-order valence-corrected chi connectivity index (χ2v) is 5.42. The van der Waals surface area contributed by atoms with Crippen molar-refractivity contribution >= 4 is 0 Å². The maximum absolute atomic E-state index is 10.6. The molecule has 1 atom stereocenters. The highest BCUT2D eigenvalue weighted by molar-refractivity contribution is 5.25. The summed E-state index contributed by atoms with van der Waals surface area (Å²) in [5, 5.41) is 10.6. The van der Waals surface area contributed by atoms with Gasteiger partial charge in [-0.25, -0.2) is 0 Å². The van der Waals surface area contributed by atoms with Crippen molar-refractivity contribution in [1.82, 2.24) is 0 Å². The van der Waals surface area contributed by atoms with Gasteiger partial charge in [0.25, 0.3) is 0 Å². The summed E-state index contributed by atoms with van der Waals surface area (Å²) in [5.41, 5.74) is 2.59. The molecule has 0 saturated heterocycles. The van der Waals surface area contributed by atoms with E-state index in [1.807, 2.05) is 0 Å². The van der Waals surface area contributed by atoms with Gasteiger partial charge in [0.2, 0.25) is 0 Å². The van der Waals surface area contributed by atoms with E-state index >= 15 is 0 Å². The van der Waals surface area contributed by atoms with Gasteiger partial charge in [0, 0.05) is 5.41 Å². The lowest BCUT2D eigenvalue weighted by atomic mass is 9.75. The minimum absolute atomic E-state index is 0.147. The first-order valence-corrected chi connectivity index (χ1v) is 6.99. The van der Waals surface area contributed by atoms with Crippen LogP contribution in [0.1, 0.15) is 63.2 Å². The number of hydrogen-bond donors (Lipinski definition) is 1. The van der Waals surface area contributed by atoms with Crippen molar-refractivity contribution in [3.63, 3.8) is 0 Å². The zero-order valence-corrected chi connectivity index (χ0v) is 11.1. The second kappa shape index (κ2) is 5.22. The normalized spacial score (nSPS) is 20.4. The van der Waals surface area contributed by atoms with Crippen LogP contribution in [0.25, 0.3) is 0 Å². The van der Waals surface area contributed by atoms with Gasteiger partial charge in [-0.3, -0.25) is 0 Å². The molecule has 1 saturated carbocycles. The van der Waals surface area contributed by atoms with Gasteiger partial charge < -0.3 is 5.11 Å². The molecule has 0 bridgehead atoms. The van der Waals surface area contributed by atoms with Crippen molar-refractivity contribution in [2.24, 2.45) is 5.41 Å². The van der Waals surface area contributed by atoms with E-state index in [1.165, 1.54) is 31.2 Å². The molecule has 1 N–H and O–H groups in total. The third kappa shape index (κ3) is 2.40. The molecular formula is C16H24O. The lowest BCUT2D eigenvalue weighted by Crippen LogP contribution is -2.25. The SMILES string of the molecule is CCc1ccc(C(O)C2(CC)CCCC2)cc1. The summed E-state index contributed by atoms with van der Waals surface area (Å²) in [6, 6.07) is 8.52. The third-order valence-electron chi connectivity index (χ3n) is 4.59. The molecule has 1 aliphatic rings. The molecule has 0 aromatic heterocycles. The molecule has 1 nitrogen and oxygen atoms in total. The molecule has 17 heavy (non-hydrogen) atoms. The van der Waals surface area contributed by atoms with Gasteiger partial charge in [0.05, 0.1) is 6.10 Å². The maximum atomic E-state index is 10.6. The molecule has 0 radical (unpaired) electrons. The van der Waals surface area contributed by atoms with Crippen LogP contribution in [0.5, 0.6) is 0 Å². The summed E-state index contributed by atoms with van der Waals surface area (Å²) in [5.74, 6) is 0. The Balaban J connectivity index is 2.19. The Hall–Kier alpha value is -0.820. The first-order valence-electron chi connectivity index (χ1n) is 6.99. The van der Waals surface area contributed by atoms with Crippen LogP contribution in [0.4, 0.5) is 0 Å². The smallest absolute Gasteiger partial charge is 0.0846 e. The van der Waals surface area contributed by atoms with Gasteiger partial charge in [0.1, 0.15) is 0 Å². The predicted octanol–water partition coefficient (Wildman–Crippen LogP) is 4.25. The van der Waals surface area contributed by atoms with Gasteiger partial charge in [0.15, 0.2) is 0 Å². The van der Waals surface area contributed by atoms with Crippen LogP contribution in [0.2, 0.25) is 0 Å². The number of benzene rings is 1. The van der Waals surface area contributed by atoms with Gasteiger partial charge in [-0.1, -0.05) is 51.0 Å². The molecule has 0 spiro atoms. The molecule has 0 heterocycles. The van der Waals surface area contributed by atoms with Crippen LogP contribution in [-0.4, -0.2) is 5.11 Å². The number of aliphatic hydroxyl groups excluding tert-OH is 1. The molecular weight excluding hydrogens is 208 g/mol. The highest BCUT2D eigenvalue weighted by Crippen LogP contribution is 2.49. The minimum Gasteiger partial charge on any atom is -0.388 e. The van der Waals surface area contributed by atoms with E-state index in [0.29, 0.717) is 0 Å². The Bertz CT molecular complexity index is 346. The monoisotopic (exact) mass is 232 g/mol. The van der Waals surface area contributed by atoms with E-state index in [4.69, 9.17) is 0 Å². The van der Waals surface area contributed by atoms with E-state index in [0.717, 1.165) is 18.4 Å². The highest BCUT2D eigenvalue weighted by atomic mass is 16.3. The fourth-order valence-electron chi connectivity index (χ4n) is 3.19. The Kier molecular flexibility index (Phi) is 3.88. The maximum Gasteiger partial charge on any atom is 0.0846 e. The quantitative estimate of drug-likeness (QED) is 0.822. The highest BCUT2D eigenvalue weighted by Gasteiger charge is 2.39. The van der Waals surface area contributed by atoms with E-state index in [1.54, 1.807) is 0 Å². The first-order chi connectivity index (χ1) is 8.22. The average Bonchev–Trinajstić information content (AvgIpc) is 2.88. The molecule has 1 aromatic rings. The Labute approximate surface area is 105 Å². The molecule has 0 aliphatic heterocycles. The molecule has 1 fully saturated rings. The van der Waals surface area contributed by atoms with Crippen LogP contribution in [0.15, 0.2) is 24.3 Å². The van der Waals surface area contributed by atoms with Gasteiger partial charge in [-0.2, -0.15) is 0 Å². The molecule has 0 amide bonds. The molecule has 1 aliphatic carbocycles. The van der Waals surface area contributed by atoms with Crippen molar-refractivity contribution in [1.29, 1.82) is 0 Å². The number of aliphatic hydroxyl groups is 1. The van der Waals surface area contributed by atoms with Crippen LogP contribution < -0.4 is 0 Å². The fraction of sp³-hybridized carbons (Fsp3) is 0.625. The van der Waals surface area contributed by atoms with Crippen LogP contribution >= 0.6 is 0 Å². The summed E-state index contributed by atoms with van der Waals surface area (Å²) < 4.78 is 0. The second-order valence-electron chi connectivity index (χ2n) is 5.42. The Morgan fingerprint density at radius 1 is 1.12 bits per heavy atom. The summed E-state index contributed by atoms with van der Waals surface area (Å²) in [6.45, 7) is 4.38. The topological polar surface area (TPSA) is 20.2 Å². The zero-order chi connectivity index (χ0) is 12.3. The Morgan fingerprint density at radius 3 is 2.18 bits per heavy atom. The first kappa shape index (κ1) is 12.6. The van der Waals surface area contributed by atoms with Crippen LogP contribution in [-0.2, 0) is 6.42 Å². The van der Waals surface area contributed by atoms with Crippen molar-refractivity contribution in [2.75, 3.05) is 0 Å². The van der Waals surface area contributed by atoms with E-state index in [2.05, 4.69) is 38.1 Å². The van der Waals surface area contributed by atoms with Crippen molar-refractivity contribution in [2.45, 2.75) is 58.5 Å². The molecule has 1 heteroatoms. The summed E-state index contributed by atoms with van der Waals surface area (Å²) in [7, 11) is 0. The largest absolute Gasteiger partial charge is 0.388 e. The van der Waals surface area contributed by atoms with Crippen molar-refractivity contribution in [3.8, 4) is 0 Å². The van der Waals surface area contributed by atoms with Crippen LogP contribution in [0.3, 0.4) is 0 Å². The lowest BCUT2D eigenvalue weighted by molar-refractivity contribution is 0.0237. The number of rotatable bonds is 4. The number of hydrogen-bond acceptors (Lipinski definition) is 1. The molecule has 94 valence electrons. The average molecular weight is 232 g/mol. The standard InChI is InChI=1S/C16H24O/c1-3-13-7-9-14(10-8-13)15(17)16(4-2)11-5-6-12-16/h7-10,15,17H,3-6,11-12H2,1-2H3. The Morgan fingerprint density at radius 2 is 1.71 bits per heavy atom. The van der Waals surface area contributed by atoms with Gasteiger partial charge in [-0.15, -0.1) is 0 Å². The summed E-state index contributed by atoms with van der Waals surface area (Å²) >= 11 is 0. The molecule has 1 unspecified atom stereocenters. The van der Waals surface area contributed by atoms with Gasteiger partial charge in [-0.05, 0) is 36.8 Å². The lowest BCUT2D eigenvalue weighted by Gasteiger charge is -2.33. The van der Waals surface area contributed by atoms with E-state index in [9.17, 15) is 5.11 Å². The fourth-order valence-corrected chi connectivity index (χ4v) is 3.19. The van der Waals surface area contributed by atoms with E-state index in [-0.39, 0.29) is 11.5 Å². The number of aryl methyl sites for hydroxylation is 1. The van der Waals surface area contributed by atoms with Crippen molar-refractivity contribution in [3.05, 3.63) is 35.4 Å². The van der Waals surface area contributed by atoms with Crippen LogP contribution in [0, 0.1) is 5.41 Å². The predicted molar refractivity (Wildman–Crippen MR) is 72.0 cm³/mol.